The molecule has 0 radical (unpaired) electrons. The number of carbonyl (C=O) groups excluding carboxylic acids is 1. The minimum absolute atomic E-state index is 0.159. The van der Waals surface area contributed by atoms with Crippen molar-refractivity contribution in [2.24, 2.45) is 0 Å². The number of thiophene rings is 1. The number of rotatable bonds is 15. The Morgan fingerprint density at radius 1 is 0.905 bits per heavy atom. The first-order valence-electron chi connectivity index (χ1n) is 13.8. The Balaban J connectivity index is 1.62. The Hall–Kier alpha value is -3.44. The van der Waals surface area contributed by atoms with E-state index in [4.69, 9.17) is 14.2 Å². The predicted molar refractivity (Wildman–Crippen MR) is 167 cm³/mol. The van der Waals surface area contributed by atoms with Crippen LogP contribution in [0.3, 0.4) is 0 Å². The summed E-state index contributed by atoms with van der Waals surface area (Å²) >= 11 is 1.59. The molecule has 0 saturated heterocycles. The highest BCUT2D eigenvalue weighted by Gasteiger charge is 2.30. The Bertz CT molecular complexity index is 1600. The second kappa shape index (κ2) is 14.6. The van der Waals surface area contributed by atoms with Gasteiger partial charge in [-0.15, -0.1) is 11.3 Å². The smallest absolute Gasteiger partial charge is 0.244 e. The molecule has 224 valence electrons. The molecule has 1 heterocycles. The van der Waals surface area contributed by atoms with Crippen molar-refractivity contribution >= 4 is 38.0 Å². The molecule has 0 aliphatic rings. The lowest BCUT2D eigenvalue weighted by Gasteiger charge is -2.28. The zero-order valence-electron chi connectivity index (χ0n) is 24.5. The van der Waals surface area contributed by atoms with Crippen LogP contribution in [-0.4, -0.2) is 71.1 Å². The maximum atomic E-state index is 14.1. The van der Waals surface area contributed by atoms with E-state index in [9.17, 15) is 13.2 Å². The predicted octanol–water partition coefficient (Wildman–Crippen LogP) is 5.53. The van der Waals surface area contributed by atoms with E-state index in [1.807, 2.05) is 60.8 Å². The van der Waals surface area contributed by atoms with Gasteiger partial charge < -0.3 is 19.1 Å². The number of amides is 1. The minimum Gasteiger partial charge on any atom is -0.493 e. The van der Waals surface area contributed by atoms with E-state index in [0.29, 0.717) is 49.4 Å². The van der Waals surface area contributed by atoms with Crippen molar-refractivity contribution in [2.45, 2.75) is 31.2 Å². The third-order valence-electron chi connectivity index (χ3n) is 7.21. The van der Waals surface area contributed by atoms with E-state index in [1.54, 1.807) is 55.8 Å². The van der Waals surface area contributed by atoms with Crippen molar-refractivity contribution in [2.75, 3.05) is 47.6 Å². The molecular weight excluding hydrogens is 572 g/mol. The minimum atomic E-state index is -3.99. The summed E-state index contributed by atoms with van der Waals surface area (Å²) in [5.41, 5.74) is 2.08. The van der Waals surface area contributed by atoms with Crippen LogP contribution in [0.4, 0.5) is 0 Å². The molecule has 0 N–H and O–H groups in total. The molecule has 0 aliphatic heterocycles. The summed E-state index contributed by atoms with van der Waals surface area (Å²) in [5, 5.41) is 3.46. The Morgan fingerprint density at radius 3 is 2.38 bits per heavy atom. The fraction of sp³-hybridized carbons (Fsp3) is 0.344. The molecule has 1 amide bonds. The summed E-state index contributed by atoms with van der Waals surface area (Å²) in [4.78, 5) is 17.0. The lowest BCUT2D eigenvalue weighted by molar-refractivity contribution is -0.132. The average molecular weight is 611 g/mol. The maximum Gasteiger partial charge on any atom is 0.244 e. The van der Waals surface area contributed by atoms with E-state index >= 15 is 0 Å². The average Bonchev–Trinajstić information content (AvgIpc) is 3.41. The van der Waals surface area contributed by atoms with Crippen LogP contribution < -0.4 is 9.47 Å². The third-order valence-corrected chi connectivity index (χ3v) is 10.1. The monoisotopic (exact) mass is 610 g/mol. The summed E-state index contributed by atoms with van der Waals surface area (Å²) in [5.74, 6) is 0.991. The molecule has 0 unspecified atom stereocenters. The summed E-state index contributed by atoms with van der Waals surface area (Å²) in [6, 6.07) is 20.3. The second-order valence-corrected chi connectivity index (χ2v) is 12.9. The van der Waals surface area contributed by atoms with Gasteiger partial charge in [0.25, 0.3) is 0 Å². The number of ether oxygens (including phenoxy) is 3. The second-order valence-electron chi connectivity index (χ2n) is 9.94. The molecule has 4 rings (SSSR count). The molecular formula is C32H38N2O6S2. The molecule has 42 heavy (non-hydrogen) atoms. The molecule has 1 aromatic heterocycles. The molecule has 0 spiro atoms. The number of benzene rings is 3. The molecule has 0 saturated carbocycles. The van der Waals surface area contributed by atoms with Crippen molar-refractivity contribution in [1.82, 2.24) is 9.21 Å². The van der Waals surface area contributed by atoms with Crippen molar-refractivity contribution in [3.05, 3.63) is 88.1 Å². The molecule has 4 aromatic rings. The van der Waals surface area contributed by atoms with Gasteiger partial charge in [-0.3, -0.25) is 4.79 Å². The molecule has 0 bridgehead atoms. The van der Waals surface area contributed by atoms with Gasteiger partial charge >= 0.3 is 0 Å². The van der Waals surface area contributed by atoms with Crippen molar-refractivity contribution in [3.63, 3.8) is 0 Å². The SMILES string of the molecule is COCCCN(CC(=O)N(CCc1ccc(OC)c(OC)c1)Cc1sccc1C)S(=O)(=O)c1cccc2ccccc12. The largest absolute Gasteiger partial charge is 0.493 e. The molecule has 0 fully saturated rings. The Kier molecular flexibility index (Phi) is 11.0. The number of carbonyl (C=O) groups is 1. The quantitative estimate of drug-likeness (QED) is 0.165. The number of hydrogen-bond donors (Lipinski definition) is 0. The van der Waals surface area contributed by atoms with Crippen molar-refractivity contribution in [3.8, 4) is 11.5 Å². The number of sulfonamides is 1. The van der Waals surface area contributed by atoms with E-state index in [0.717, 1.165) is 21.4 Å². The van der Waals surface area contributed by atoms with Crippen LogP contribution in [0.1, 0.15) is 22.4 Å². The maximum absolute atomic E-state index is 14.1. The van der Waals surface area contributed by atoms with Crippen LogP contribution in [0.2, 0.25) is 0 Å². The standard InChI is InChI=1S/C32H38N2O6S2/c1-24-16-20-41-30(24)22-33(18-15-25-13-14-28(39-3)29(21-25)40-4)32(35)23-34(17-8-19-38-2)42(36,37)31-12-7-10-26-9-5-6-11-27(26)31/h5-7,9-14,16,20-21H,8,15,17-19,22-23H2,1-4H3. The highest BCUT2D eigenvalue weighted by atomic mass is 32.2. The van der Waals surface area contributed by atoms with Crippen LogP contribution in [0.15, 0.2) is 77.0 Å². The first kappa shape index (κ1) is 31.5. The van der Waals surface area contributed by atoms with Crippen molar-refractivity contribution in [1.29, 1.82) is 0 Å². The zero-order valence-corrected chi connectivity index (χ0v) is 26.2. The van der Waals surface area contributed by atoms with Crippen LogP contribution >= 0.6 is 11.3 Å². The molecule has 8 nitrogen and oxygen atoms in total. The van der Waals surface area contributed by atoms with E-state index < -0.39 is 10.0 Å². The van der Waals surface area contributed by atoms with Crippen LogP contribution in [-0.2, 0) is 32.5 Å². The Morgan fingerprint density at radius 2 is 1.67 bits per heavy atom. The zero-order chi connectivity index (χ0) is 30.1. The summed E-state index contributed by atoms with van der Waals surface area (Å²) < 4.78 is 45.5. The van der Waals surface area contributed by atoms with Gasteiger partial charge in [0.2, 0.25) is 15.9 Å². The topological polar surface area (TPSA) is 85.4 Å². The van der Waals surface area contributed by atoms with Crippen LogP contribution in [0.25, 0.3) is 10.8 Å². The highest BCUT2D eigenvalue weighted by molar-refractivity contribution is 7.89. The summed E-state index contributed by atoms with van der Waals surface area (Å²) in [6.45, 7) is 3.10. The number of aryl methyl sites for hydroxylation is 1. The van der Waals surface area contributed by atoms with E-state index in [1.165, 1.54) is 4.31 Å². The van der Waals surface area contributed by atoms with Gasteiger partial charge in [0, 0.05) is 37.1 Å². The summed E-state index contributed by atoms with van der Waals surface area (Å²) in [7, 11) is 0.767. The molecule has 0 aliphatic carbocycles. The van der Waals surface area contributed by atoms with Gasteiger partial charge in [0.05, 0.1) is 32.2 Å². The van der Waals surface area contributed by atoms with Gasteiger partial charge in [-0.05, 0) is 65.9 Å². The first-order valence-corrected chi connectivity index (χ1v) is 16.1. The number of nitrogens with zero attached hydrogens (tertiary/aromatic N) is 2. The fourth-order valence-corrected chi connectivity index (χ4v) is 7.37. The first-order chi connectivity index (χ1) is 20.3. The van der Waals surface area contributed by atoms with Gasteiger partial charge in [-0.2, -0.15) is 4.31 Å². The van der Waals surface area contributed by atoms with Crippen LogP contribution in [0, 0.1) is 6.92 Å². The molecule has 0 atom stereocenters. The lowest BCUT2D eigenvalue weighted by atomic mass is 10.1. The molecule has 3 aromatic carbocycles. The Labute approximate surface area is 252 Å². The van der Waals surface area contributed by atoms with E-state index in [-0.39, 0.29) is 23.9 Å². The van der Waals surface area contributed by atoms with Gasteiger partial charge in [0.1, 0.15) is 0 Å². The van der Waals surface area contributed by atoms with E-state index in [2.05, 4.69) is 0 Å². The normalized spacial score (nSPS) is 11.6. The number of fused-ring (bicyclic) bond motifs is 1. The third kappa shape index (κ3) is 7.49. The van der Waals surface area contributed by atoms with Crippen molar-refractivity contribution < 1.29 is 27.4 Å². The highest BCUT2D eigenvalue weighted by Crippen LogP contribution is 2.29. The van der Waals surface area contributed by atoms with Gasteiger partial charge in [0.15, 0.2) is 11.5 Å². The van der Waals surface area contributed by atoms with Gasteiger partial charge in [-0.25, -0.2) is 8.42 Å². The molecule has 10 heteroatoms. The fourth-order valence-electron chi connectivity index (χ4n) is 4.81. The number of hydrogen-bond acceptors (Lipinski definition) is 7. The lowest BCUT2D eigenvalue weighted by Crippen LogP contribution is -2.44. The summed E-state index contributed by atoms with van der Waals surface area (Å²) in [6.07, 6.45) is 1.03. The van der Waals surface area contributed by atoms with Gasteiger partial charge in [-0.1, -0.05) is 42.5 Å². The number of methoxy groups -OCH3 is 3. The van der Waals surface area contributed by atoms with Crippen LogP contribution in [0.5, 0.6) is 11.5 Å².